The Balaban J connectivity index is 1.83. The molecule has 98 valence electrons. The monoisotopic (exact) mass is 247 g/mol. The lowest BCUT2D eigenvalue weighted by molar-refractivity contribution is 0.163. The van der Waals surface area contributed by atoms with Crippen molar-refractivity contribution in [2.24, 2.45) is 5.92 Å². The van der Waals surface area contributed by atoms with E-state index in [1.165, 1.54) is 0 Å². The van der Waals surface area contributed by atoms with E-state index in [-0.39, 0.29) is 6.10 Å². The van der Waals surface area contributed by atoms with Crippen molar-refractivity contribution in [3.63, 3.8) is 0 Å². The number of pyridine rings is 1. The highest BCUT2D eigenvalue weighted by Crippen LogP contribution is 2.06. The Morgan fingerprint density at radius 2 is 2.22 bits per heavy atom. The van der Waals surface area contributed by atoms with Gasteiger partial charge in [-0.2, -0.15) is 0 Å². The van der Waals surface area contributed by atoms with E-state index < -0.39 is 0 Å². The van der Waals surface area contributed by atoms with Gasteiger partial charge in [0.2, 0.25) is 0 Å². The first kappa shape index (κ1) is 13.1. The molecule has 18 heavy (non-hydrogen) atoms. The molecule has 2 aromatic rings. The van der Waals surface area contributed by atoms with Gasteiger partial charge in [0.15, 0.2) is 0 Å². The van der Waals surface area contributed by atoms with Gasteiger partial charge < -0.3 is 14.8 Å². The zero-order chi connectivity index (χ0) is 13.0. The maximum atomic E-state index is 9.29. The number of aromatic nitrogens is 2. The molecule has 0 aliphatic heterocycles. The number of nitrogens with zero attached hydrogens (tertiary/aromatic N) is 2. The second-order valence-electron chi connectivity index (χ2n) is 5.02. The Morgan fingerprint density at radius 1 is 1.39 bits per heavy atom. The van der Waals surface area contributed by atoms with Gasteiger partial charge in [0.1, 0.15) is 5.65 Å². The minimum Gasteiger partial charge on any atom is -0.393 e. The van der Waals surface area contributed by atoms with Crippen LogP contribution in [0.25, 0.3) is 5.65 Å². The highest BCUT2D eigenvalue weighted by molar-refractivity contribution is 5.39. The summed E-state index contributed by atoms with van der Waals surface area (Å²) in [5, 5.41) is 12.7. The van der Waals surface area contributed by atoms with Gasteiger partial charge in [0.25, 0.3) is 0 Å². The zero-order valence-corrected chi connectivity index (χ0v) is 11.0. The first-order valence-corrected chi connectivity index (χ1v) is 6.46. The lowest BCUT2D eigenvalue weighted by Gasteiger charge is -2.13. The molecule has 0 amide bonds. The average Bonchev–Trinajstić information content (AvgIpc) is 2.70. The number of nitrogens with one attached hydrogen (secondary N) is 1. The minimum atomic E-state index is -0.225. The van der Waals surface area contributed by atoms with Crippen molar-refractivity contribution >= 4 is 5.65 Å². The molecular formula is C14H21N3O. The molecule has 2 atom stereocenters. The van der Waals surface area contributed by atoms with Crippen LogP contribution in [0, 0.1) is 5.92 Å². The minimum absolute atomic E-state index is 0.225. The molecule has 0 spiro atoms. The fraction of sp³-hybridized carbons (Fsp3) is 0.500. The molecule has 2 heterocycles. The third-order valence-electron chi connectivity index (χ3n) is 2.96. The lowest BCUT2D eigenvalue weighted by atomic mass is 10.1. The van der Waals surface area contributed by atoms with Gasteiger partial charge in [-0.3, -0.25) is 0 Å². The number of aliphatic hydroxyl groups excluding tert-OH is 1. The van der Waals surface area contributed by atoms with Crippen LogP contribution in [0.3, 0.4) is 0 Å². The van der Waals surface area contributed by atoms with E-state index in [2.05, 4.69) is 17.2 Å². The van der Waals surface area contributed by atoms with Crippen LogP contribution in [0.1, 0.15) is 26.0 Å². The van der Waals surface area contributed by atoms with Gasteiger partial charge in [0, 0.05) is 18.9 Å². The average molecular weight is 247 g/mol. The molecule has 0 aliphatic rings. The Bertz CT molecular complexity index is 459. The number of hydrogen-bond acceptors (Lipinski definition) is 3. The van der Waals surface area contributed by atoms with E-state index in [4.69, 9.17) is 0 Å². The normalized spacial score (nSPS) is 14.8. The molecule has 0 radical (unpaired) electrons. The summed E-state index contributed by atoms with van der Waals surface area (Å²) in [6, 6.07) is 5.99. The standard InChI is InChI=1S/C14H21N3O/c1-11(7-12(2)18)8-15-9-13-10-17-6-4-3-5-14(17)16-13/h3-6,10-12,15,18H,7-9H2,1-2H3. The van der Waals surface area contributed by atoms with Crippen molar-refractivity contribution in [1.82, 2.24) is 14.7 Å². The van der Waals surface area contributed by atoms with Crippen molar-refractivity contribution in [3.05, 3.63) is 36.3 Å². The van der Waals surface area contributed by atoms with E-state index in [1.54, 1.807) is 0 Å². The maximum Gasteiger partial charge on any atom is 0.137 e. The lowest BCUT2D eigenvalue weighted by Crippen LogP contribution is -2.23. The molecule has 2 unspecified atom stereocenters. The van der Waals surface area contributed by atoms with Crippen molar-refractivity contribution in [2.45, 2.75) is 32.9 Å². The van der Waals surface area contributed by atoms with Crippen molar-refractivity contribution in [2.75, 3.05) is 6.54 Å². The molecule has 4 nitrogen and oxygen atoms in total. The van der Waals surface area contributed by atoms with E-state index in [9.17, 15) is 5.11 Å². The van der Waals surface area contributed by atoms with E-state index >= 15 is 0 Å². The predicted molar refractivity (Wildman–Crippen MR) is 72.4 cm³/mol. The highest BCUT2D eigenvalue weighted by Gasteiger charge is 2.06. The van der Waals surface area contributed by atoms with Gasteiger partial charge in [-0.15, -0.1) is 0 Å². The number of hydrogen-bond donors (Lipinski definition) is 2. The molecule has 2 N–H and O–H groups in total. The van der Waals surface area contributed by atoms with Gasteiger partial charge >= 0.3 is 0 Å². The molecule has 0 aliphatic carbocycles. The Hall–Kier alpha value is -1.39. The van der Waals surface area contributed by atoms with Gasteiger partial charge in [-0.05, 0) is 37.9 Å². The molecule has 0 fully saturated rings. The topological polar surface area (TPSA) is 49.6 Å². The van der Waals surface area contributed by atoms with Gasteiger partial charge in [-0.25, -0.2) is 4.98 Å². The maximum absolute atomic E-state index is 9.29. The van der Waals surface area contributed by atoms with Crippen LogP contribution in [-0.2, 0) is 6.54 Å². The summed E-state index contributed by atoms with van der Waals surface area (Å²) < 4.78 is 2.02. The van der Waals surface area contributed by atoms with Crippen LogP contribution in [0.15, 0.2) is 30.6 Å². The van der Waals surface area contributed by atoms with Crippen LogP contribution < -0.4 is 5.32 Å². The summed E-state index contributed by atoms with van der Waals surface area (Å²) in [6.07, 6.45) is 4.65. The summed E-state index contributed by atoms with van der Waals surface area (Å²) in [7, 11) is 0. The predicted octanol–water partition coefficient (Wildman–Crippen LogP) is 1.83. The molecule has 0 saturated carbocycles. The first-order valence-electron chi connectivity index (χ1n) is 6.46. The fourth-order valence-corrected chi connectivity index (χ4v) is 2.18. The molecule has 0 bridgehead atoms. The summed E-state index contributed by atoms with van der Waals surface area (Å²) in [5.41, 5.74) is 2.02. The zero-order valence-electron chi connectivity index (χ0n) is 11.0. The van der Waals surface area contributed by atoms with Crippen molar-refractivity contribution in [3.8, 4) is 0 Å². The van der Waals surface area contributed by atoms with Crippen LogP contribution in [0.4, 0.5) is 0 Å². The first-order chi connectivity index (χ1) is 8.65. The molecule has 0 aromatic carbocycles. The van der Waals surface area contributed by atoms with E-state index in [0.717, 1.165) is 30.9 Å². The van der Waals surface area contributed by atoms with Crippen LogP contribution in [0.5, 0.6) is 0 Å². The Kier molecular flexibility index (Phi) is 4.33. The van der Waals surface area contributed by atoms with E-state index in [0.29, 0.717) is 5.92 Å². The molecule has 2 aromatic heterocycles. The van der Waals surface area contributed by atoms with Crippen LogP contribution in [0.2, 0.25) is 0 Å². The number of imidazole rings is 1. The summed E-state index contributed by atoms with van der Waals surface area (Å²) in [6.45, 7) is 5.65. The van der Waals surface area contributed by atoms with Crippen molar-refractivity contribution in [1.29, 1.82) is 0 Å². The Morgan fingerprint density at radius 3 is 2.94 bits per heavy atom. The molecule has 0 saturated heterocycles. The highest BCUT2D eigenvalue weighted by atomic mass is 16.3. The number of fused-ring (bicyclic) bond motifs is 1. The van der Waals surface area contributed by atoms with Crippen LogP contribution in [-0.4, -0.2) is 27.1 Å². The summed E-state index contributed by atoms with van der Waals surface area (Å²) in [5.74, 6) is 0.474. The fourth-order valence-electron chi connectivity index (χ4n) is 2.18. The SMILES string of the molecule is CC(O)CC(C)CNCc1cn2ccccc2n1. The summed E-state index contributed by atoms with van der Waals surface area (Å²) >= 11 is 0. The molecule has 4 heteroatoms. The summed E-state index contributed by atoms with van der Waals surface area (Å²) in [4.78, 5) is 4.52. The number of aliphatic hydroxyl groups is 1. The van der Waals surface area contributed by atoms with Gasteiger partial charge in [-0.1, -0.05) is 13.0 Å². The number of rotatable bonds is 6. The molecule has 2 rings (SSSR count). The smallest absolute Gasteiger partial charge is 0.137 e. The second kappa shape index (κ2) is 5.98. The Labute approximate surface area is 108 Å². The third-order valence-corrected chi connectivity index (χ3v) is 2.96. The second-order valence-corrected chi connectivity index (χ2v) is 5.02. The van der Waals surface area contributed by atoms with Gasteiger partial charge in [0.05, 0.1) is 11.8 Å². The molecular weight excluding hydrogens is 226 g/mol. The van der Waals surface area contributed by atoms with E-state index in [1.807, 2.05) is 41.9 Å². The largest absolute Gasteiger partial charge is 0.393 e. The van der Waals surface area contributed by atoms with Crippen molar-refractivity contribution < 1.29 is 5.11 Å². The quantitative estimate of drug-likeness (QED) is 0.819. The van der Waals surface area contributed by atoms with Crippen LogP contribution >= 0.6 is 0 Å². The third kappa shape index (κ3) is 3.55.